The van der Waals surface area contributed by atoms with Gasteiger partial charge in [0.25, 0.3) is 0 Å². The van der Waals surface area contributed by atoms with E-state index < -0.39 is 0 Å². The first kappa shape index (κ1) is 30.4. The summed E-state index contributed by atoms with van der Waals surface area (Å²) in [6.45, 7) is 21.3. The predicted molar refractivity (Wildman–Crippen MR) is 143 cm³/mol. The van der Waals surface area contributed by atoms with Crippen LogP contribution in [0, 0.1) is 37.5 Å². The molecule has 0 spiro atoms. The third-order valence-electron chi connectivity index (χ3n) is 8.38. The van der Waals surface area contributed by atoms with Crippen molar-refractivity contribution in [1.29, 1.82) is 0 Å². The van der Waals surface area contributed by atoms with Crippen LogP contribution in [0.1, 0.15) is 92.1 Å². The first-order valence-corrected chi connectivity index (χ1v) is 12.9. The van der Waals surface area contributed by atoms with E-state index in [0.29, 0.717) is 5.92 Å². The van der Waals surface area contributed by atoms with E-state index >= 15 is 0 Å². The Morgan fingerprint density at radius 3 is 1.97 bits per heavy atom. The van der Waals surface area contributed by atoms with Crippen molar-refractivity contribution in [1.82, 2.24) is 0 Å². The first-order valence-electron chi connectivity index (χ1n) is 12.9. The van der Waals surface area contributed by atoms with E-state index in [2.05, 4.69) is 110 Å². The molecule has 1 aromatic carbocycles. The van der Waals surface area contributed by atoms with Gasteiger partial charge in [-0.2, -0.15) is 19.3 Å². The van der Waals surface area contributed by atoms with Gasteiger partial charge in [0.05, 0.1) is 0 Å². The molecule has 1 fully saturated rings. The molecule has 4 rings (SSSR count). The Labute approximate surface area is 225 Å². The van der Waals surface area contributed by atoms with Gasteiger partial charge in [0.2, 0.25) is 0 Å². The maximum atomic E-state index is 3.60. The van der Waals surface area contributed by atoms with Crippen LogP contribution in [0.25, 0.3) is 0 Å². The minimum Gasteiger partial charge on any atom is -0.343 e. The number of hydrogen-bond acceptors (Lipinski definition) is 0. The average Bonchev–Trinajstić information content (AvgIpc) is 3.56. The maximum Gasteiger partial charge on any atom is 3.00 e. The van der Waals surface area contributed by atoms with Crippen LogP contribution in [-0.2, 0) is 31.6 Å². The van der Waals surface area contributed by atoms with Gasteiger partial charge in [0, 0.05) is 5.41 Å². The molecule has 33 heavy (non-hydrogen) atoms. The van der Waals surface area contributed by atoms with Crippen LogP contribution in [0.15, 0.2) is 65.3 Å². The number of fused-ring (bicyclic) bond motifs is 1. The molecule has 0 saturated heterocycles. The van der Waals surface area contributed by atoms with E-state index in [-0.39, 0.29) is 37.0 Å². The van der Waals surface area contributed by atoms with Crippen molar-refractivity contribution in [2.24, 2.45) is 17.3 Å². The number of unbranched alkanes of at least 4 members (excludes halogenated alkanes) is 2. The van der Waals surface area contributed by atoms with E-state index in [4.69, 9.17) is 0 Å². The third-order valence-corrected chi connectivity index (χ3v) is 8.38. The van der Waals surface area contributed by atoms with Crippen molar-refractivity contribution in [3.63, 3.8) is 0 Å². The molecule has 1 aromatic rings. The summed E-state index contributed by atoms with van der Waals surface area (Å²) in [5.41, 5.74) is 6.66. The van der Waals surface area contributed by atoms with Crippen LogP contribution in [0.3, 0.4) is 0 Å². The van der Waals surface area contributed by atoms with Gasteiger partial charge in [-0.05, 0) is 31.2 Å². The van der Waals surface area contributed by atoms with E-state index in [1.54, 1.807) is 16.7 Å². The molecule has 0 nitrogen and oxygen atoms in total. The largest absolute Gasteiger partial charge is 3.00 e. The molecule has 0 bridgehead atoms. The number of benzene rings is 1. The Hall–Kier alpha value is -0.677. The molecule has 0 amide bonds. The molecule has 1 heteroatoms. The van der Waals surface area contributed by atoms with Crippen LogP contribution < -0.4 is 0 Å². The summed E-state index contributed by atoms with van der Waals surface area (Å²) < 4.78 is 0. The normalized spacial score (nSPS) is 29.8. The summed E-state index contributed by atoms with van der Waals surface area (Å²) in [4.78, 5) is 0. The molecule has 0 aliphatic heterocycles. The van der Waals surface area contributed by atoms with Crippen molar-refractivity contribution >= 4 is 0 Å². The third kappa shape index (κ3) is 6.12. The first-order chi connectivity index (χ1) is 15.3. The van der Waals surface area contributed by atoms with Gasteiger partial charge >= 0.3 is 26.2 Å². The Morgan fingerprint density at radius 2 is 1.48 bits per heavy atom. The van der Waals surface area contributed by atoms with E-state index in [0.717, 1.165) is 25.2 Å². The zero-order valence-electron chi connectivity index (χ0n) is 22.2. The minimum atomic E-state index is 0. The van der Waals surface area contributed by atoms with Crippen LogP contribution >= 0.6 is 0 Å². The van der Waals surface area contributed by atoms with Crippen molar-refractivity contribution in [2.45, 2.75) is 91.9 Å². The van der Waals surface area contributed by atoms with Crippen molar-refractivity contribution in [3.05, 3.63) is 91.1 Å². The average molecular weight is 523 g/mol. The summed E-state index contributed by atoms with van der Waals surface area (Å²) in [7, 11) is 0. The molecule has 0 heterocycles. The molecule has 0 N–H and O–H groups in total. The van der Waals surface area contributed by atoms with Gasteiger partial charge < -0.3 is 20.3 Å². The quantitative estimate of drug-likeness (QED) is 0.273. The summed E-state index contributed by atoms with van der Waals surface area (Å²) in [6, 6.07) is 11.2. The van der Waals surface area contributed by atoms with E-state index in [1.807, 2.05) is 0 Å². The smallest absolute Gasteiger partial charge is 0.343 e. The van der Waals surface area contributed by atoms with Crippen LogP contribution in [-0.4, -0.2) is 0 Å². The summed E-state index contributed by atoms with van der Waals surface area (Å²) >= 11 is 0. The van der Waals surface area contributed by atoms with Gasteiger partial charge in [-0.25, -0.2) is 0 Å². The molecule has 1 saturated carbocycles. The molecular weight excluding hydrogens is 476 g/mol. The van der Waals surface area contributed by atoms with Crippen molar-refractivity contribution < 1.29 is 26.2 Å². The molecule has 3 aliphatic rings. The zero-order chi connectivity index (χ0) is 23.8. The van der Waals surface area contributed by atoms with Crippen LogP contribution in [0.5, 0.6) is 0 Å². The Kier molecular flexibility index (Phi) is 12.9. The van der Waals surface area contributed by atoms with Gasteiger partial charge in [0.15, 0.2) is 0 Å². The monoisotopic (exact) mass is 521 g/mol. The van der Waals surface area contributed by atoms with Crippen molar-refractivity contribution in [3.8, 4) is 0 Å². The molecule has 4 unspecified atom stereocenters. The minimum absolute atomic E-state index is 0. The van der Waals surface area contributed by atoms with Crippen molar-refractivity contribution in [2.75, 3.05) is 0 Å². The SMILES string of the molecule is CC1=C(C)C(C)(c2ccccc2)C2[CH-]CCC2C1(C)C1=CC=CC1.[CH2-]CCC.[CH2-]CCC.[Zr+3]. The van der Waals surface area contributed by atoms with Crippen LogP contribution in [0.2, 0.25) is 0 Å². The number of hydrogen-bond donors (Lipinski definition) is 0. The van der Waals surface area contributed by atoms with E-state index in [9.17, 15) is 0 Å². The van der Waals surface area contributed by atoms with Gasteiger partial charge in [0.1, 0.15) is 0 Å². The topological polar surface area (TPSA) is 0 Å². The molecule has 3 aliphatic carbocycles. The summed E-state index contributed by atoms with van der Waals surface area (Å²) in [5.74, 6) is 1.35. The fourth-order valence-corrected chi connectivity index (χ4v) is 5.90. The summed E-state index contributed by atoms with van der Waals surface area (Å²) in [6.07, 6.45) is 17.9. The fourth-order valence-electron chi connectivity index (χ4n) is 5.90. The van der Waals surface area contributed by atoms with Gasteiger partial charge in [-0.1, -0.05) is 118 Å². The van der Waals surface area contributed by atoms with E-state index in [1.165, 1.54) is 31.2 Å². The van der Waals surface area contributed by atoms with Gasteiger partial charge in [-0.15, -0.1) is 5.92 Å². The maximum absolute atomic E-state index is 3.60. The molecular formula is C32H47Zr. The fraction of sp³-hybridized carbons (Fsp3) is 0.531. The van der Waals surface area contributed by atoms with Gasteiger partial charge in [-0.3, -0.25) is 0 Å². The predicted octanol–water partition coefficient (Wildman–Crippen LogP) is 9.66. The standard InChI is InChI=1S/C24H29.2C4H9.Zr/c1-17-18(2)24(4,20-13-8-9-14-20)22-16-10-15-21(22)23(17,3)19-11-6-5-7-12-19;2*1-3-4-2;/h5-9,11-13,15,21-22H,10,14,16H2,1-4H3;2*1,3-4H2,2H3;/q3*-1;+3. The number of allylic oxidation sites excluding steroid dienone is 6. The Bertz CT molecular complexity index is 791. The summed E-state index contributed by atoms with van der Waals surface area (Å²) in [5, 5.41) is 0. The Balaban J connectivity index is 0.000000529. The molecule has 4 atom stereocenters. The Morgan fingerprint density at radius 1 is 0.939 bits per heavy atom. The second-order valence-corrected chi connectivity index (χ2v) is 10.00. The number of rotatable bonds is 4. The molecule has 1 radical (unpaired) electrons. The second kappa shape index (κ2) is 14.0. The second-order valence-electron chi connectivity index (χ2n) is 10.00. The van der Waals surface area contributed by atoms with Crippen LogP contribution in [0.4, 0.5) is 0 Å². The molecule has 179 valence electrons. The molecule has 0 aromatic heterocycles. The zero-order valence-corrected chi connectivity index (χ0v) is 24.7.